The van der Waals surface area contributed by atoms with Gasteiger partial charge in [-0.2, -0.15) is 0 Å². The standard InChI is InChI=1S/C12H17FN2O2/c1-2-10(7-16)15-6-9-4-3-8(12(14)17)5-11(9)13/h3-5,10,15-16H,2,6-7H2,1H3,(H2,14,17). The van der Waals surface area contributed by atoms with Crippen molar-refractivity contribution in [2.45, 2.75) is 25.9 Å². The number of primary amides is 1. The average molecular weight is 240 g/mol. The summed E-state index contributed by atoms with van der Waals surface area (Å²) >= 11 is 0. The normalized spacial score (nSPS) is 12.4. The number of carbonyl (C=O) groups is 1. The van der Waals surface area contributed by atoms with E-state index in [-0.39, 0.29) is 18.2 Å². The molecule has 1 amide bonds. The van der Waals surface area contributed by atoms with Crippen molar-refractivity contribution in [1.82, 2.24) is 5.32 Å². The van der Waals surface area contributed by atoms with E-state index < -0.39 is 11.7 Å². The highest BCUT2D eigenvalue weighted by molar-refractivity contribution is 5.92. The molecule has 17 heavy (non-hydrogen) atoms. The number of nitrogens with one attached hydrogen (secondary N) is 1. The number of halogens is 1. The number of hydrogen-bond donors (Lipinski definition) is 3. The highest BCUT2D eigenvalue weighted by Gasteiger charge is 2.09. The largest absolute Gasteiger partial charge is 0.395 e. The average Bonchev–Trinajstić information content (AvgIpc) is 2.31. The Balaban J connectivity index is 2.69. The van der Waals surface area contributed by atoms with E-state index in [0.717, 1.165) is 12.5 Å². The molecule has 0 saturated heterocycles. The zero-order chi connectivity index (χ0) is 12.8. The van der Waals surface area contributed by atoms with Crippen LogP contribution in [0.2, 0.25) is 0 Å². The smallest absolute Gasteiger partial charge is 0.248 e. The summed E-state index contributed by atoms with van der Waals surface area (Å²) in [7, 11) is 0. The van der Waals surface area contributed by atoms with Crippen LogP contribution in [0.5, 0.6) is 0 Å². The van der Waals surface area contributed by atoms with Crippen molar-refractivity contribution in [3.05, 3.63) is 35.1 Å². The van der Waals surface area contributed by atoms with E-state index in [1.54, 1.807) is 0 Å². The number of benzene rings is 1. The first-order valence-corrected chi connectivity index (χ1v) is 5.51. The second kappa shape index (κ2) is 6.32. The van der Waals surface area contributed by atoms with E-state index in [1.165, 1.54) is 12.1 Å². The van der Waals surface area contributed by atoms with Gasteiger partial charge >= 0.3 is 0 Å². The summed E-state index contributed by atoms with van der Waals surface area (Å²) in [4.78, 5) is 10.8. The fourth-order valence-corrected chi connectivity index (χ4v) is 1.44. The van der Waals surface area contributed by atoms with Gasteiger partial charge in [-0.05, 0) is 18.6 Å². The quantitative estimate of drug-likeness (QED) is 0.688. The minimum Gasteiger partial charge on any atom is -0.395 e. The van der Waals surface area contributed by atoms with Crippen LogP contribution in [-0.4, -0.2) is 23.7 Å². The molecule has 0 bridgehead atoms. The Hall–Kier alpha value is -1.46. The summed E-state index contributed by atoms with van der Waals surface area (Å²) in [5, 5.41) is 12.0. The van der Waals surface area contributed by atoms with Crippen LogP contribution in [0.4, 0.5) is 4.39 Å². The highest BCUT2D eigenvalue weighted by atomic mass is 19.1. The lowest BCUT2D eigenvalue weighted by atomic mass is 10.1. The Labute approximate surface area is 99.6 Å². The number of hydrogen-bond acceptors (Lipinski definition) is 3. The fraction of sp³-hybridized carbons (Fsp3) is 0.417. The minimum absolute atomic E-state index is 0.0114. The number of aliphatic hydroxyl groups excluding tert-OH is 1. The summed E-state index contributed by atoms with van der Waals surface area (Å²) in [5.74, 6) is -1.12. The van der Waals surface area contributed by atoms with Gasteiger partial charge in [0.15, 0.2) is 0 Å². The second-order valence-electron chi connectivity index (χ2n) is 3.84. The molecule has 4 nitrogen and oxygen atoms in total. The van der Waals surface area contributed by atoms with Gasteiger partial charge < -0.3 is 16.2 Å². The summed E-state index contributed by atoms with van der Waals surface area (Å²) < 4.78 is 13.6. The number of amides is 1. The number of nitrogens with two attached hydrogens (primary N) is 1. The van der Waals surface area contributed by atoms with Gasteiger partial charge in [-0.1, -0.05) is 13.0 Å². The second-order valence-corrected chi connectivity index (χ2v) is 3.84. The molecule has 0 heterocycles. The Kier molecular flexibility index (Phi) is 5.06. The van der Waals surface area contributed by atoms with Gasteiger partial charge in [0.05, 0.1) is 6.61 Å². The Morgan fingerprint density at radius 3 is 2.76 bits per heavy atom. The van der Waals surface area contributed by atoms with E-state index in [9.17, 15) is 9.18 Å². The van der Waals surface area contributed by atoms with Crippen molar-refractivity contribution in [2.75, 3.05) is 6.61 Å². The Morgan fingerprint density at radius 2 is 2.29 bits per heavy atom. The van der Waals surface area contributed by atoms with Gasteiger partial charge in [-0.3, -0.25) is 4.79 Å². The molecule has 0 radical (unpaired) electrons. The topological polar surface area (TPSA) is 75.3 Å². The van der Waals surface area contributed by atoms with Gasteiger partial charge in [0.2, 0.25) is 5.91 Å². The maximum Gasteiger partial charge on any atom is 0.248 e. The summed E-state index contributed by atoms with van der Waals surface area (Å²) in [6, 6.07) is 4.08. The molecule has 1 aromatic rings. The van der Waals surface area contributed by atoms with Crippen molar-refractivity contribution in [3.8, 4) is 0 Å². The molecule has 1 aromatic carbocycles. The molecule has 1 atom stereocenters. The monoisotopic (exact) mass is 240 g/mol. The Bertz CT molecular complexity index is 392. The van der Waals surface area contributed by atoms with Gasteiger partial charge in [0.25, 0.3) is 0 Å². The predicted octanol–water partition coefficient (Wildman–Crippen LogP) is 0.785. The number of carbonyl (C=O) groups excluding carboxylic acids is 1. The van der Waals surface area contributed by atoms with Gasteiger partial charge in [0, 0.05) is 23.7 Å². The molecule has 0 saturated carbocycles. The molecule has 0 spiro atoms. The van der Waals surface area contributed by atoms with Gasteiger partial charge in [-0.15, -0.1) is 0 Å². The molecule has 1 rings (SSSR count). The fourth-order valence-electron chi connectivity index (χ4n) is 1.44. The van der Waals surface area contributed by atoms with Crippen molar-refractivity contribution >= 4 is 5.91 Å². The van der Waals surface area contributed by atoms with Crippen LogP contribution in [0.1, 0.15) is 29.3 Å². The third-order valence-electron chi connectivity index (χ3n) is 2.63. The molecule has 4 N–H and O–H groups in total. The molecule has 0 aliphatic rings. The van der Waals surface area contributed by atoms with E-state index >= 15 is 0 Å². The van der Waals surface area contributed by atoms with Gasteiger partial charge in [-0.25, -0.2) is 4.39 Å². The van der Waals surface area contributed by atoms with E-state index in [1.807, 2.05) is 6.92 Å². The summed E-state index contributed by atoms with van der Waals surface area (Å²) in [5.41, 5.74) is 5.64. The van der Waals surface area contributed by atoms with Crippen molar-refractivity contribution in [3.63, 3.8) is 0 Å². The molecule has 0 aliphatic carbocycles. The van der Waals surface area contributed by atoms with Crippen LogP contribution in [0, 0.1) is 5.82 Å². The zero-order valence-corrected chi connectivity index (χ0v) is 9.74. The summed E-state index contributed by atoms with van der Waals surface area (Å²) in [6.45, 7) is 2.25. The lowest BCUT2D eigenvalue weighted by Gasteiger charge is -2.14. The van der Waals surface area contributed by atoms with Crippen LogP contribution >= 0.6 is 0 Å². The molecule has 0 aliphatic heterocycles. The van der Waals surface area contributed by atoms with Crippen LogP contribution < -0.4 is 11.1 Å². The van der Waals surface area contributed by atoms with Crippen molar-refractivity contribution in [1.29, 1.82) is 0 Å². The van der Waals surface area contributed by atoms with E-state index in [2.05, 4.69) is 5.32 Å². The minimum atomic E-state index is -0.648. The summed E-state index contributed by atoms with van der Waals surface area (Å²) in [6.07, 6.45) is 0.761. The molecule has 5 heteroatoms. The lowest BCUT2D eigenvalue weighted by molar-refractivity contribution is 0.1000. The maximum atomic E-state index is 13.6. The third-order valence-corrected chi connectivity index (χ3v) is 2.63. The predicted molar refractivity (Wildman–Crippen MR) is 62.9 cm³/mol. The highest BCUT2D eigenvalue weighted by Crippen LogP contribution is 2.10. The van der Waals surface area contributed by atoms with Crippen LogP contribution in [-0.2, 0) is 6.54 Å². The molecular formula is C12H17FN2O2. The van der Waals surface area contributed by atoms with Crippen LogP contribution in [0.25, 0.3) is 0 Å². The first-order chi connectivity index (χ1) is 8.08. The van der Waals surface area contributed by atoms with E-state index in [4.69, 9.17) is 10.8 Å². The van der Waals surface area contributed by atoms with Gasteiger partial charge in [0.1, 0.15) is 5.82 Å². The van der Waals surface area contributed by atoms with Crippen LogP contribution in [0.15, 0.2) is 18.2 Å². The number of rotatable bonds is 6. The first kappa shape index (κ1) is 13.6. The molecule has 1 unspecified atom stereocenters. The zero-order valence-electron chi connectivity index (χ0n) is 9.74. The SMILES string of the molecule is CCC(CO)NCc1ccc(C(N)=O)cc1F. The third kappa shape index (κ3) is 3.80. The molecule has 94 valence electrons. The molecule has 0 fully saturated rings. The maximum absolute atomic E-state index is 13.6. The molecule has 0 aromatic heterocycles. The lowest BCUT2D eigenvalue weighted by Crippen LogP contribution is -2.31. The van der Waals surface area contributed by atoms with Crippen molar-refractivity contribution < 1.29 is 14.3 Å². The first-order valence-electron chi connectivity index (χ1n) is 5.51. The van der Waals surface area contributed by atoms with Crippen molar-refractivity contribution in [2.24, 2.45) is 5.73 Å². The van der Waals surface area contributed by atoms with Crippen LogP contribution in [0.3, 0.4) is 0 Å². The molecular weight excluding hydrogens is 223 g/mol. The van der Waals surface area contributed by atoms with E-state index in [0.29, 0.717) is 12.1 Å². The Morgan fingerprint density at radius 1 is 1.59 bits per heavy atom. The number of aliphatic hydroxyl groups is 1.